The Morgan fingerprint density at radius 3 is 2.63 bits per heavy atom. The van der Waals surface area contributed by atoms with Gasteiger partial charge < -0.3 is 30.3 Å². The van der Waals surface area contributed by atoms with Crippen molar-refractivity contribution in [3.8, 4) is 5.75 Å². The van der Waals surface area contributed by atoms with Crippen LogP contribution in [0.1, 0.15) is 56.1 Å². The maximum atomic E-state index is 13.4. The number of hydrogen-bond donors (Lipinski definition) is 3. The molecule has 2 aliphatic rings. The Labute approximate surface area is 224 Å². The number of nitrogens with zero attached hydrogens (tertiary/aromatic N) is 1. The highest BCUT2D eigenvalue weighted by Crippen LogP contribution is 2.44. The lowest BCUT2D eigenvalue weighted by molar-refractivity contribution is -0.141. The predicted octanol–water partition coefficient (Wildman–Crippen LogP) is 3.75. The fraction of sp³-hybridized carbons (Fsp3) is 0.567. The summed E-state index contributed by atoms with van der Waals surface area (Å²) in [6.45, 7) is 1.93. The standard InChI is InChI=1S/C30H41FN2O5/c1-37-16-5-4-14-30(36,23-7-6-15-33(19-23)29(35)22-17-26(32)27(34)18-22)25-8-2-3-9-28(25)38-20-21-10-12-24(31)13-11-21/h2-3,8-13,22-23,26-27,34,36H,4-7,14-20,32H2,1H3. The van der Waals surface area contributed by atoms with Gasteiger partial charge in [-0.15, -0.1) is 0 Å². The number of para-hydroxylation sites is 1. The van der Waals surface area contributed by atoms with Gasteiger partial charge in [0.1, 0.15) is 18.2 Å². The van der Waals surface area contributed by atoms with Crippen LogP contribution in [0.3, 0.4) is 0 Å². The van der Waals surface area contributed by atoms with Crippen molar-refractivity contribution in [2.75, 3.05) is 26.8 Å². The maximum absolute atomic E-state index is 13.4. The SMILES string of the molecule is COCCCCC(O)(c1ccccc1OCc1ccc(F)cc1)C1CCCN(C(=O)C2CC(N)C(O)C2)C1. The molecular weight excluding hydrogens is 487 g/mol. The molecule has 4 N–H and O–H groups in total. The number of unbranched alkanes of at least 4 members (excludes halogenated alkanes) is 1. The normalized spacial score (nSPS) is 25.2. The molecule has 1 saturated carbocycles. The summed E-state index contributed by atoms with van der Waals surface area (Å²) in [5.74, 6) is -0.160. The molecule has 1 aliphatic carbocycles. The molecule has 0 radical (unpaired) electrons. The van der Waals surface area contributed by atoms with Gasteiger partial charge in [-0.1, -0.05) is 30.3 Å². The Hall–Kier alpha value is -2.52. The minimum Gasteiger partial charge on any atom is -0.489 e. The molecule has 4 rings (SSSR count). The number of amides is 1. The molecule has 7 nitrogen and oxygen atoms in total. The number of aliphatic hydroxyl groups is 2. The van der Waals surface area contributed by atoms with Crippen LogP contribution in [-0.4, -0.2) is 60.0 Å². The number of aliphatic hydroxyl groups excluding tert-OH is 1. The van der Waals surface area contributed by atoms with Gasteiger partial charge in [-0.25, -0.2) is 4.39 Å². The van der Waals surface area contributed by atoms with Gasteiger partial charge in [0.05, 0.1) is 11.7 Å². The van der Waals surface area contributed by atoms with Gasteiger partial charge >= 0.3 is 0 Å². The van der Waals surface area contributed by atoms with E-state index in [2.05, 4.69) is 0 Å². The van der Waals surface area contributed by atoms with Crippen LogP contribution >= 0.6 is 0 Å². The summed E-state index contributed by atoms with van der Waals surface area (Å²) in [7, 11) is 1.67. The van der Waals surface area contributed by atoms with Crippen LogP contribution < -0.4 is 10.5 Å². The zero-order chi connectivity index (χ0) is 27.1. The van der Waals surface area contributed by atoms with Crippen LogP contribution in [0, 0.1) is 17.7 Å². The summed E-state index contributed by atoms with van der Waals surface area (Å²) >= 11 is 0. The van der Waals surface area contributed by atoms with E-state index in [1.54, 1.807) is 19.2 Å². The smallest absolute Gasteiger partial charge is 0.225 e. The number of rotatable bonds is 11. The molecule has 2 fully saturated rings. The molecular formula is C30H41FN2O5. The molecule has 0 aromatic heterocycles. The minimum atomic E-state index is -1.21. The summed E-state index contributed by atoms with van der Waals surface area (Å²) in [6, 6.07) is 13.3. The summed E-state index contributed by atoms with van der Waals surface area (Å²) in [5, 5.41) is 22.5. The molecule has 0 bridgehead atoms. The third-order valence-corrected chi connectivity index (χ3v) is 8.15. The molecule has 8 heteroatoms. The van der Waals surface area contributed by atoms with E-state index >= 15 is 0 Å². The monoisotopic (exact) mass is 528 g/mol. The van der Waals surface area contributed by atoms with Crippen molar-refractivity contribution in [1.82, 2.24) is 4.90 Å². The van der Waals surface area contributed by atoms with Crippen LogP contribution in [0.2, 0.25) is 0 Å². The van der Waals surface area contributed by atoms with Crippen LogP contribution in [0.25, 0.3) is 0 Å². The van der Waals surface area contributed by atoms with Gasteiger partial charge in [0, 0.05) is 50.2 Å². The van der Waals surface area contributed by atoms with E-state index in [1.807, 2.05) is 29.2 Å². The first-order chi connectivity index (χ1) is 18.3. The lowest BCUT2D eigenvalue weighted by Crippen LogP contribution is -2.49. The quantitative estimate of drug-likeness (QED) is 0.384. The van der Waals surface area contributed by atoms with Gasteiger partial charge in [0.15, 0.2) is 0 Å². The van der Waals surface area contributed by atoms with Gasteiger partial charge in [-0.05, 0) is 68.7 Å². The molecule has 5 unspecified atom stereocenters. The van der Waals surface area contributed by atoms with E-state index in [-0.39, 0.29) is 36.2 Å². The molecule has 2 aromatic rings. The molecule has 5 atom stereocenters. The molecule has 1 heterocycles. The maximum Gasteiger partial charge on any atom is 0.225 e. The molecule has 38 heavy (non-hydrogen) atoms. The second kappa shape index (κ2) is 13.0. The van der Waals surface area contributed by atoms with Gasteiger partial charge in [0.2, 0.25) is 5.91 Å². The van der Waals surface area contributed by atoms with Crippen LogP contribution in [0.15, 0.2) is 48.5 Å². The molecule has 1 amide bonds. The van der Waals surface area contributed by atoms with Crippen molar-refractivity contribution in [3.05, 3.63) is 65.5 Å². The van der Waals surface area contributed by atoms with Crippen molar-refractivity contribution in [2.24, 2.45) is 17.6 Å². The van der Waals surface area contributed by atoms with E-state index in [9.17, 15) is 19.4 Å². The number of carbonyl (C=O) groups excluding carboxylic acids is 1. The highest BCUT2D eigenvalue weighted by molar-refractivity contribution is 5.79. The van der Waals surface area contributed by atoms with E-state index in [0.717, 1.165) is 31.2 Å². The second-order valence-corrected chi connectivity index (χ2v) is 10.8. The fourth-order valence-electron chi connectivity index (χ4n) is 5.97. The van der Waals surface area contributed by atoms with Gasteiger partial charge in [-0.3, -0.25) is 4.79 Å². The number of nitrogens with two attached hydrogens (primary N) is 1. The summed E-state index contributed by atoms with van der Waals surface area (Å²) in [4.78, 5) is 15.2. The van der Waals surface area contributed by atoms with Crippen molar-refractivity contribution < 1.29 is 28.9 Å². The van der Waals surface area contributed by atoms with Crippen molar-refractivity contribution in [2.45, 2.75) is 69.3 Å². The first-order valence-corrected chi connectivity index (χ1v) is 13.7. The number of benzene rings is 2. The Morgan fingerprint density at radius 2 is 1.92 bits per heavy atom. The number of halogens is 1. The molecule has 1 aliphatic heterocycles. The average Bonchev–Trinajstić information content (AvgIpc) is 3.28. The van der Waals surface area contributed by atoms with Crippen molar-refractivity contribution >= 4 is 5.91 Å². The van der Waals surface area contributed by atoms with E-state index < -0.39 is 11.7 Å². The second-order valence-electron chi connectivity index (χ2n) is 10.8. The van der Waals surface area contributed by atoms with Crippen LogP contribution in [0.4, 0.5) is 4.39 Å². The Morgan fingerprint density at radius 1 is 1.16 bits per heavy atom. The molecule has 208 valence electrons. The lowest BCUT2D eigenvalue weighted by Gasteiger charge is -2.44. The lowest BCUT2D eigenvalue weighted by atomic mass is 9.73. The highest BCUT2D eigenvalue weighted by atomic mass is 19.1. The number of carbonyl (C=O) groups is 1. The molecule has 0 spiro atoms. The number of methoxy groups -OCH3 is 1. The largest absolute Gasteiger partial charge is 0.489 e. The number of likely N-dealkylation sites (tertiary alicyclic amines) is 1. The number of ether oxygens (including phenoxy) is 2. The van der Waals surface area contributed by atoms with E-state index in [0.29, 0.717) is 50.3 Å². The highest BCUT2D eigenvalue weighted by Gasteiger charge is 2.44. The van der Waals surface area contributed by atoms with Crippen LogP contribution in [-0.2, 0) is 21.7 Å². The zero-order valence-electron chi connectivity index (χ0n) is 22.2. The average molecular weight is 529 g/mol. The van der Waals surface area contributed by atoms with Crippen molar-refractivity contribution in [1.29, 1.82) is 0 Å². The first kappa shape index (κ1) is 28.5. The fourth-order valence-corrected chi connectivity index (χ4v) is 5.97. The summed E-state index contributed by atoms with van der Waals surface area (Å²) in [5.41, 5.74) is 6.30. The molecule has 2 aromatic carbocycles. The zero-order valence-corrected chi connectivity index (χ0v) is 22.2. The first-order valence-electron chi connectivity index (χ1n) is 13.7. The third kappa shape index (κ3) is 6.72. The Kier molecular flexibility index (Phi) is 9.76. The summed E-state index contributed by atoms with van der Waals surface area (Å²) < 4.78 is 24.8. The van der Waals surface area contributed by atoms with E-state index in [4.69, 9.17) is 15.2 Å². The van der Waals surface area contributed by atoms with Crippen molar-refractivity contribution in [3.63, 3.8) is 0 Å². The number of hydrogen-bond acceptors (Lipinski definition) is 6. The van der Waals surface area contributed by atoms with Gasteiger partial charge in [-0.2, -0.15) is 0 Å². The van der Waals surface area contributed by atoms with E-state index in [1.165, 1.54) is 12.1 Å². The number of piperidine rings is 1. The minimum absolute atomic E-state index is 0.0178. The topological polar surface area (TPSA) is 105 Å². The molecule has 1 saturated heterocycles. The third-order valence-electron chi connectivity index (χ3n) is 8.15. The summed E-state index contributed by atoms with van der Waals surface area (Å²) in [6.07, 6.45) is 3.88. The Bertz CT molecular complexity index is 1040. The van der Waals surface area contributed by atoms with Crippen LogP contribution in [0.5, 0.6) is 5.75 Å². The van der Waals surface area contributed by atoms with Gasteiger partial charge in [0.25, 0.3) is 0 Å². The Balaban J connectivity index is 1.55. The predicted molar refractivity (Wildman–Crippen MR) is 143 cm³/mol.